The fourth-order valence-electron chi connectivity index (χ4n) is 3.59. The van der Waals surface area contributed by atoms with Crippen LogP contribution in [0.2, 0.25) is 0 Å². The Morgan fingerprint density at radius 3 is 2.75 bits per heavy atom. The Hall–Kier alpha value is -0.910. The summed E-state index contributed by atoms with van der Waals surface area (Å²) in [5.41, 5.74) is 1.15. The molecule has 2 heterocycles. The molecule has 2 atom stereocenters. The predicted molar refractivity (Wildman–Crippen MR) is 78.3 cm³/mol. The molecule has 0 spiro atoms. The third-order valence-electron chi connectivity index (χ3n) is 4.83. The molecule has 0 amide bonds. The molecule has 1 aliphatic heterocycles. The molecule has 2 aliphatic rings. The number of aromatic amines is 1. The summed E-state index contributed by atoms with van der Waals surface area (Å²) in [5, 5.41) is 20.7. The fraction of sp³-hybridized carbons (Fsp3) is 0.800. The van der Waals surface area contributed by atoms with Gasteiger partial charge in [-0.2, -0.15) is 5.10 Å². The van der Waals surface area contributed by atoms with E-state index in [-0.39, 0.29) is 6.10 Å². The van der Waals surface area contributed by atoms with Gasteiger partial charge in [0.1, 0.15) is 0 Å². The summed E-state index contributed by atoms with van der Waals surface area (Å²) in [6.45, 7) is 3.10. The normalized spacial score (nSPS) is 29.6. The molecule has 1 aliphatic carbocycles. The number of rotatable bonds is 4. The van der Waals surface area contributed by atoms with Crippen molar-refractivity contribution in [2.24, 2.45) is 0 Å². The minimum atomic E-state index is -0.0988. The molecule has 0 bridgehead atoms. The van der Waals surface area contributed by atoms with E-state index in [9.17, 15) is 5.11 Å². The van der Waals surface area contributed by atoms with Gasteiger partial charge in [0.05, 0.1) is 6.10 Å². The quantitative estimate of drug-likeness (QED) is 0.776. The number of aliphatic hydroxyl groups is 1. The summed E-state index contributed by atoms with van der Waals surface area (Å²) in [6, 6.07) is 3.02. The molecular formula is C15H26N4O. The molecule has 2 fully saturated rings. The van der Waals surface area contributed by atoms with Gasteiger partial charge in [-0.25, -0.2) is 0 Å². The number of aliphatic hydroxyl groups excluding tert-OH is 1. The lowest BCUT2D eigenvalue weighted by atomic mass is 9.89. The monoisotopic (exact) mass is 278 g/mol. The van der Waals surface area contributed by atoms with Crippen LogP contribution in [0, 0.1) is 0 Å². The average molecular weight is 278 g/mol. The number of hydrogen-bond acceptors (Lipinski definition) is 4. The summed E-state index contributed by atoms with van der Waals surface area (Å²) in [5.74, 6) is 0. The maximum absolute atomic E-state index is 10.1. The van der Waals surface area contributed by atoms with E-state index in [1.165, 1.54) is 32.1 Å². The van der Waals surface area contributed by atoms with Gasteiger partial charge in [-0.3, -0.25) is 10.00 Å². The second kappa shape index (κ2) is 6.70. The van der Waals surface area contributed by atoms with Crippen LogP contribution in [0.4, 0.5) is 0 Å². The topological polar surface area (TPSA) is 64.2 Å². The van der Waals surface area contributed by atoms with Crippen LogP contribution in [0.5, 0.6) is 0 Å². The maximum atomic E-state index is 10.1. The van der Waals surface area contributed by atoms with Gasteiger partial charge in [0.2, 0.25) is 0 Å². The van der Waals surface area contributed by atoms with Crippen LogP contribution in [-0.2, 0) is 6.54 Å². The van der Waals surface area contributed by atoms with Crippen LogP contribution in [0.15, 0.2) is 12.3 Å². The van der Waals surface area contributed by atoms with Gasteiger partial charge in [0, 0.05) is 43.6 Å². The first-order chi connectivity index (χ1) is 9.83. The predicted octanol–water partition coefficient (Wildman–Crippen LogP) is 1.27. The molecule has 1 aromatic rings. The van der Waals surface area contributed by atoms with Crippen LogP contribution >= 0.6 is 0 Å². The zero-order valence-corrected chi connectivity index (χ0v) is 12.1. The molecular weight excluding hydrogens is 252 g/mol. The first-order valence-corrected chi connectivity index (χ1v) is 7.96. The van der Waals surface area contributed by atoms with E-state index in [1.807, 2.05) is 6.07 Å². The summed E-state index contributed by atoms with van der Waals surface area (Å²) >= 11 is 0. The Kier molecular flexibility index (Phi) is 4.70. The molecule has 3 N–H and O–H groups in total. The zero-order valence-electron chi connectivity index (χ0n) is 12.1. The van der Waals surface area contributed by atoms with E-state index in [4.69, 9.17) is 0 Å². The molecule has 5 nitrogen and oxygen atoms in total. The van der Waals surface area contributed by atoms with Crippen molar-refractivity contribution in [2.75, 3.05) is 13.1 Å². The van der Waals surface area contributed by atoms with E-state index < -0.39 is 0 Å². The van der Waals surface area contributed by atoms with Gasteiger partial charge in [0.25, 0.3) is 0 Å². The first-order valence-electron chi connectivity index (χ1n) is 7.96. The number of H-pyrrole nitrogens is 1. The third kappa shape index (κ3) is 3.40. The highest BCUT2D eigenvalue weighted by Gasteiger charge is 2.31. The second-order valence-corrected chi connectivity index (χ2v) is 6.19. The van der Waals surface area contributed by atoms with Gasteiger partial charge in [0.15, 0.2) is 0 Å². The highest BCUT2D eigenvalue weighted by Crippen LogP contribution is 2.25. The minimum Gasteiger partial charge on any atom is -0.391 e. The Labute approximate surface area is 120 Å². The van der Waals surface area contributed by atoms with Crippen LogP contribution in [-0.4, -0.2) is 51.5 Å². The van der Waals surface area contributed by atoms with Crippen molar-refractivity contribution in [3.05, 3.63) is 18.0 Å². The summed E-state index contributed by atoms with van der Waals surface area (Å²) in [7, 11) is 0. The van der Waals surface area contributed by atoms with E-state index in [1.54, 1.807) is 6.20 Å². The Morgan fingerprint density at radius 1 is 1.25 bits per heavy atom. The molecule has 3 rings (SSSR count). The van der Waals surface area contributed by atoms with E-state index >= 15 is 0 Å². The van der Waals surface area contributed by atoms with Crippen LogP contribution in [0.1, 0.15) is 44.2 Å². The molecule has 5 heteroatoms. The molecule has 0 radical (unpaired) electrons. The fourth-order valence-corrected chi connectivity index (χ4v) is 3.59. The number of hydrogen-bond donors (Lipinski definition) is 3. The van der Waals surface area contributed by atoms with Crippen molar-refractivity contribution in [1.29, 1.82) is 0 Å². The molecule has 0 aromatic carbocycles. The second-order valence-electron chi connectivity index (χ2n) is 6.19. The van der Waals surface area contributed by atoms with E-state index in [0.29, 0.717) is 12.1 Å². The highest BCUT2D eigenvalue weighted by atomic mass is 16.3. The first kappa shape index (κ1) is 14.0. The number of nitrogens with one attached hydrogen (secondary N) is 2. The van der Waals surface area contributed by atoms with E-state index in [0.717, 1.165) is 31.7 Å². The van der Waals surface area contributed by atoms with Crippen molar-refractivity contribution in [1.82, 2.24) is 20.4 Å². The van der Waals surface area contributed by atoms with Crippen LogP contribution < -0.4 is 5.32 Å². The maximum Gasteiger partial charge on any atom is 0.0695 e. The number of nitrogens with zero attached hydrogens (tertiary/aromatic N) is 2. The van der Waals surface area contributed by atoms with Crippen molar-refractivity contribution >= 4 is 0 Å². The molecule has 112 valence electrons. The smallest absolute Gasteiger partial charge is 0.0695 e. The van der Waals surface area contributed by atoms with Crippen molar-refractivity contribution < 1.29 is 5.11 Å². The Morgan fingerprint density at radius 2 is 2.05 bits per heavy atom. The van der Waals surface area contributed by atoms with Crippen LogP contribution in [0.3, 0.4) is 0 Å². The highest BCUT2D eigenvalue weighted by molar-refractivity contribution is 4.97. The van der Waals surface area contributed by atoms with Gasteiger partial charge in [-0.15, -0.1) is 0 Å². The molecule has 1 saturated carbocycles. The number of likely N-dealkylation sites (tertiary alicyclic amines) is 1. The summed E-state index contributed by atoms with van der Waals surface area (Å²) in [6.07, 6.45) is 8.69. The summed E-state index contributed by atoms with van der Waals surface area (Å²) < 4.78 is 0. The molecule has 2 unspecified atom stereocenters. The molecule has 20 heavy (non-hydrogen) atoms. The number of aromatic nitrogens is 2. The largest absolute Gasteiger partial charge is 0.391 e. The van der Waals surface area contributed by atoms with Crippen molar-refractivity contribution in [3.8, 4) is 0 Å². The average Bonchev–Trinajstić information content (AvgIpc) is 3.00. The molecule has 1 saturated heterocycles. The number of piperidine rings is 1. The van der Waals surface area contributed by atoms with E-state index in [2.05, 4.69) is 20.4 Å². The standard InChI is InChI=1S/C15H26N4O/c20-15-4-2-1-3-14(15)19-9-6-12(7-10-19)16-11-13-5-8-17-18-13/h5,8,12,14-16,20H,1-4,6-7,9-11H2,(H,17,18). The van der Waals surface area contributed by atoms with Gasteiger partial charge in [-0.1, -0.05) is 12.8 Å². The van der Waals surface area contributed by atoms with Gasteiger partial charge < -0.3 is 10.4 Å². The lowest BCUT2D eigenvalue weighted by Gasteiger charge is -2.41. The molecule has 1 aromatic heterocycles. The lowest BCUT2D eigenvalue weighted by molar-refractivity contribution is 0.00712. The van der Waals surface area contributed by atoms with Gasteiger partial charge >= 0.3 is 0 Å². The summed E-state index contributed by atoms with van der Waals surface area (Å²) in [4.78, 5) is 2.51. The van der Waals surface area contributed by atoms with Crippen molar-refractivity contribution in [2.45, 2.75) is 63.3 Å². The minimum absolute atomic E-state index is 0.0988. The zero-order chi connectivity index (χ0) is 13.8. The Bertz CT molecular complexity index is 387. The van der Waals surface area contributed by atoms with Crippen LogP contribution in [0.25, 0.3) is 0 Å². The van der Waals surface area contributed by atoms with Gasteiger partial charge in [-0.05, 0) is 31.7 Å². The SMILES string of the molecule is OC1CCCCC1N1CCC(NCc2ccn[nH]2)CC1. The Balaban J connectivity index is 1.42. The lowest BCUT2D eigenvalue weighted by Crippen LogP contribution is -2.51. The van der Waals surface area contributed by atoms with Crippen molar-refractivity contribution in [3.63, 3.8) is 0 Å². The third-order valence-corrected chi connectivity index (χ3v) is 4.83.